The molecule has 2 unspecified atom stereocenters. The Bertz CT molecular complexity index is 829. The Labute approximate surface area is 161 Å². The summed E-state index contributed by atoms with van der Waals surface area (Å²) in [7, 11) is 1.54. The Morgan fingerprint density at radius 1 is 1.56 bits per heavy atom. The van der Waals surface area contributed by atoms with Gasteiger partial charge < -0.3 is 15.2 Å². The second-order valence-electron chi connectivity index (χ2n) is 6.71. The van der Waals surface area contributed by atoms with Crippen molar-refractivity contribution in [1.82, 2.24) is 14.9 Å². The van der Waals surface area contributed by atoms with Crippen LogP contribution in [-0.2, 0) is 17.9 Å². The second-order valence-corrected chi connectivity index (χ2v) is 7.79. The Morgan fingerprint density at radius 3 is 3.00 bits per heavy atom. The first-order valence-corrected chi connectivity index (χ1v) is 9.53. The number of ether oxygens (including phenoxy) is 1. The molecule has 1 aliphatic heterocycles. The third kappa shape index (κ3) is 4.42. The van der Waals surface area contributed by atoms with Crippen LogP contribution in [0.4, 0.5) is 9.52 Å². The minimum atomic E-state index is -0.540. The lowest BCUT2D eigenvalue weighted by Gasteiger charge is -2.20. The fourth-order valence-corrected chi connectivity index (χ4v) is 4.38. The van der Waals surface area contributed by atoms with Gasteiger partial charge in [-0.15, -0.1) is 0 Å². The highest BCUT2D eigenvalue weighted by molar-refractivity contribution is 7.15. The van der Waals surface area contributed by atoms with Gasteiger partial charge in [0.1, 0.15) is 0 Å². The Balaban J connectivity index is 1.74. The standard InChI is InChI=1S/C18H23FN4O3S/c1-10-4-12(14-6-20-16(26-3)5-13(14)9-24)7-23(10)8-15-17(19)22-18(27-15)21-11(2)25/h5-6,10,12,24H,4,7-9H2,1-3H3,(H,21,22,25). The lowest BCUT2D eigenvalue weighted by Crippen LogP contribution is -2.26. The lowest BCUT2D eigenvalue weighted by molar-refractivity contribution is -0.114. The van der Waals surface area contributed by atoms with Crippen LogP contribution >= 0.6 is 11.3 Å². The number of nitrogens with one attached hydrogen (secondary N) is 1. The number of carbonyl (C=O) groups is 1. The van der Waals surface area contributed by atoms with Crippen molar-refractivity contribution in [2.75, 3.05) is 19.0 Å². The highest BCUT2D eigenvalue weighted by Crippen LogP contribution is 2.36. The normalized spacial score (nSPS) is 20.0. The number of anilines is 1. The number of hydrogen-bond acceptors (Lipinski definition) is 7. The molecule has 2 N–H and O–H groups in total. The Morgan fingerprint density at radius 2 is 2.33 bits per heavy atom. The van der Waals surface area contributed by atoms with Crippen molar-refractivity contribution in [2.45, 2.75) is 45.4 Å². The summed E-state index contributed by atoms with van der Waals surface area (Å²) in [6.45, 7) is 4.55. The first kappa shape index (κ1) is 19.7. The van der Waals surface area contributed by atoms with E-state index in [0.717, 1.165) is 35.4 Å². The first-order chi connectivity index (χ1) is 12.9. The summed E-state index contributed by atoms with van der Waals surface area (Å²) in [6, 6.07) is 2.00. The van der Waals surface area contributed by atoms with Crippen LogP contribution < -0.4 is 10.1 Å². The molecule has 3 rings (SSSR count). The number of aliphatic hydroxyl groups excluding tert-OH is 1. The molecule has 2 atom stereocenters. The molecule has 27 heavy (non-hydrogen) atoms. The zero-order chi connectivity index (χ0) is 19.6. The van der Waals surface area contributed by atoms with Crippen LogP contribution in [0.2, 0.25) is 0 Å². The third-order valence-electron chi connectivity index (χ3n) is 4.80. The fraction of sp³-hybridized carbons (Fsp3) is 0.500. The van der Waals surface area contributed by atoms with Crippen molar-refractivity contribution < 1.29 is 19.0 Å². The van der Waals surface area contributed by atoms with E-state index in [4.69, 9.17) is 4.74 Å². The molecule has 0 saturated carbocycles. The minimum Gasteiger partial charge on any atom is -0.481 e. The SMILES string of the molecule is COc1cc(CO)c(C2CC(C)N(Cc3sc(NC(C)=O)nc3F)C2)cn1. The Kier molecular flexibility index (Phi) is 6.03. The number of thiazole rings is 1. The fourth-order valence-electron chi connectivity index (χ4n) is 3.47. The zero-order valence-electron chi connectivity index (χ0n) is 15.5. The van der Waals surface area contributed by atoms with Crippen molar-refractivity contribution >= 4 is 22.4 Å². The predicted octanol–water partition coefficient (Wildman–Crippen LogP) is 2.51. The number of amides is 1. The maximum Gasteiger partial charge on any atom is 0.230 e. The largest absolute Gasteiger partial charge is 0.481 e. The molecule has 0 aliphatic carbocycles. The van der Waals surface area contributed by atoms with Gasteiger partial charge in [-0.3, -0.25) is 9.69 Å². The number of likely N-dealkylation sites (tertiary alicyclic amines) is 1. The molecule has 2 aromatic heterocycles. The van der Waals surface area contributed by atoms with Crippen LogP contribution in [-0.4, -0.2) is 45.6 Å². The molecule has 0 spiro atoms. The van der Waals surface area contributed by atoms with Gasteiger partial charge in [-0.25, -0.2) is 4.98 Å². The van der Waals surface area contributed by atoms with Crippen LogP contribution in [0.25, 0.3) is 0 Å². The van der Waals surface area contributed by atoms with Gasteiger partial charge in [0.25, 0.3) is 0 Å². The van der Waals surface area contributed by atoms with Crippen molar-refractivity contribution in [2.24, 2.45) is 0 Å². The maximum absolute atomic E-state index is 14.1. The smallest absolute Gasteiger partial charge is 0.230 e. The van der Waals surface area contributed by atoms with Gasteiger partial charge in [0.15, 0.2) is 5.13 Å². The molecular weight excluding hydrogens is 371 g/mol. The van der Waals surface area contributed by atoms with Gasteiger partial charge in [0, 0.05) is 38.3 Å². The summed E-state index contributed by atoms with van der Waals surface area (Å²) >= 11 is 1.16. The molecule has 146 valence electrons. The number of halogens is 1. The minimum absolute atomic E-state index is 0.0807. The zero-order valence-corrected chi connectivity index (χ0v) is 16.3. The van der Waals surface area contributed by atoms with Crippen LogP contribution in [0.1, 0.15) is 42.2 Å². The van der Waals surface area contributed by atoms with E-state index >= 15 is 0 Å². The quantitative estimate of drug-likeness (QED) is 0.783. The van der Waals surface area contributed by atoms with E-state index < -0.39 is 5.95 Å². The highest BCUT2D eigenvalue weighted by Gasteiger charge is 2.32. The number of methoxy groups -OCH3 is 1. The molecule has 0 bridgehead atoms. The molecule has 1 amide bonds. The number of carbonyl (C=O) groups excluding carboxylic acids is 1. The average Bonchev–Trinajstić information content (AvgIpc) is 3.16. The molecule has 3 heterocycles. The molecule has 2 aromatic rings. The van der Waals surface area contributed by atoms with Crippen LogP contribution in [0.3, 0.4) is 0 Å². The van der Waals surface area contributed by atoms with Crippen molar-refractivity contribution in [3.05, 3.63) is 34.2 Å². The second kappa shape index (κ2) is 8.28. The Hall–Kier alpha value is -2.10. The summed E-state index contributed by atoms with van der Waals surface area (Å²) < 4.78 is 19.3. The molecule has 1 saturated heterocycles. The van der Waals surface area contributed by atoms with Gasteiger partial charge in [-0.1, -0.05) is 11.3 Å². The monoisotopic (exact) mass is 394 g/mol. The molecule has 1 aliphatic rings. The summed E-state index contributed by atoms with van der Waals surface area (Å²) in [6.07, 6.45) is 2.65. The third-order valence-corrected chi connectivity index (χ3v) is 5.73. The maximum atomic E-state index is 14.1. The van der Waals surface area contributed by atoms with E-state index in [1.54, 1.807) is 19.4 Å². The van der Waals surface area contributed by atoms with Crippen LogP contribution in [0, 0.1) is 5.95 Å². The lowest BCUT2D eigenvalue weighted by atomic mass is 9.94. The first-order valence-electron chi connectivity index (χ1n) is 8.71. The molecular formula is C18H23FN4O3S. The molecule has 0 aromatic carbocycles. The van der Waals surface area contributed by atoms with E-state index in [2.05, 4.69) is 27.1 Å². The van der Waals surface area contributed by atoms with E-state index in [9.17, 15) is 14.3 Å². The molecule has 7 nitrogen and oxygen atoms in total. The molecule has 9 heteroatoms. The van der Waals surface area contributed by atoms with E-state index in [-0.39, 0.29) is 29.6 Å². The number of rotatable bonds is 6. The van der Waals surface area contributed by atoms with E-state index in [0.29, 0.717) is 17.3 Å². The van der Waals surface area contributed by atoms with Gasteiger partial charge >= 0.3 is 0 Å². The van der Waals surface area contributed by atoms with Crippen LogP contribution in [0.15, 0.2) is 12.3 Å². The number of nitrogens with zero attached hydrogens (tertiary/aromatic N) is 3. The number of aliphatic hydroxyl groups is 1. The number of pyridine rings is 1. The van der Waals surface area contributed by atoms with Gasteiger partial charge in [-0.2, -0.15) is 9.37 Å². The highest BCUT2D eigenvalue weighted by atomic mass is 32.1. The van der Waals surface area contributed by atoms with Crippen molar-refractivity contribution in [3.63, 3.8) is 0 Å². The summed E-state index contributed by atoms with van der Waals surface area (Å²) in [5.41, 5.74) is 1.80. The summed E-state index contributed by atoms with van der Waals surface area (Å²) in [4.78, 5) is 21.9. The number of hydrogen-bond donors (Lipinski definition) is 2. The topological polar surface area (TPSA) is 87.6 Å². The predicted molar refractivity (Wildman–Crippen MR) is 100 cm³/mol. The van der Waals surface area contributed by atoms with Gasteiger partial charge in [-0.05, 0) is 30.4 Å². The van der Waals surface area contributed by atoms with Crippen molar-refractivity contribution in [1.29, 1.82) is 0 Å². The summed E-state index contributed by atoms with van der Waals surface area (Å²) in [5, 5.41) is 12.5. The van der Waals surface area contributed by atoms with Crippen molar-refractivity contribution in [3.8, 4) is 5.88 Å². The molecule has 1 fully saturated rings. The van der Waals surface area contributed by atoms with E-state index in [1.807, 2.05) is 0 Å². The average molecular weight is 394 g/mol. The summed E-state index contributed by atoms with van der Waals surface area (Å²) in [5.74, 6) is -0.135. The van der Waals surface area contributed by atoms with Gasteiger partial charge in [0.2, 0.25) is 17.7 Å². The van der Waals surface area contributed by atoms with Crippen LogP contribution in [0.5, 0.6) is 5.88 Å². The van der Waals surface area contributed by atoms with Gasteiger partial charge in [0.05, 0.1) is 18.6 Å². The van der Waals surface area contributed by atoms with E-state index in [1.165, 1.54) is 6.92 Å². The number of aromatic nitrogens is 2. The molecule has 0 radical (unpaired) electrons.